The Morgan fingerprint density at radius 3 is 1.37 bits per heavy atom. The summed E-state index contributed by atoms with van der Waals surface area (Å²) >= 11 is 0. The maximum Gasteiger partial charge on any atom is 0.310 e. The van der Waals surface area contributed by atoms with E-state index in [0.717, 1.165) is 38.5 Å². The number of hydrogen-bond donors (Lipinski definition) is 1. The standard InChI is InChI=1S/C39H68O4/c1-3-5-7-9-11-13-15-17-19-21-23-25-27-29-31-33-35-42-37-38(36-40)43-39(41)34-32-30-28-26-24-22-20-18-16-14-12-10-8-6-4-2/h6,8,12,14,18,20,24,26,30,32,38,40H,3-5,7,9-11,13,15-17,19,21-23,25,27-29,31,33-37H2,1-2H3/b8-6-,14-12-,20-18-,26-24-,32-30-. The second kappa shape index (κ2) is 36.3. The van der Waals surface area contributed by atoms with Crippen LogP contribution in [0, 0.1) is 0 Å². The lowest BCUT2D eigenvalue weighted by atomic mass is 10.0. The van der Waals surface area contributed by atoms with Crippen LogP contribution in [0.15, 0.2) is 60.8 Å². The summed E-state index contributed by atoms with van der Waals surface area (Å²) in [6.07, 6.45) is 47.1. The van der Waals surface area contributed by atoms with Crippen molar-refractivity contribution < 1.29 is 19.4 Å². The smallest absolute Gasteiger partial charge is 0.310 e. The van der Waals surface area contributed by atoms with Crippen molar-refractivity contribution in [1.82, 2.24) is 0 Å². The molecule has 1 atom stereocenters. The molecule has 0 aromatic carbocycles. The van der Waals surface area contributed by atoms with Crippen molar-refractivity contribution in [2.75, 3.05) is 19.8 Å². The van der Waals surface area contributed by atoms with Crippen molar-refractivity contribution in [2.24, 2.45) is 0 Å². The van der Waals surface area contributed by atoms with Gasteiger partial charge in [-0.25, -0.2) is 0 Å². The minimum Gasteiger partial charge on any atom is -0.457 e. The van der Waals surface area contributed by atoms with Gasteiger partial charge in [-0.2, -0.15) is 0 Å². The molecule has 0 aliphatic carbocycles. The average Bonchev–Trinajstić information content (AvgIpc) is 3.01. The van der Waals surface area contributed by atoms with Crippen LogP contribution in [0.1, 0.15) is 155 Å². The minimum absolute atomic E-state index is 0.211. The van der Waals surface area contributed by atoms with Crippen molar-refractivity contribution in [1.29, 1.82) is 0 Å². The summed E-state index contributed by atoms with van der Waals surface area (Å²) in [7, 11) is 0. The van der Waals surface area contributed by atoms with Crippen molar-refractivity contribution >= 4 is 5.97 Å². The number of esters is 1. The number of allylic oxidation sites excluding steroid dienone is 9. The van der Waals surface area contributed by atoms with E-state index < -0.39 is 6.10 Å². The van der Waals surface area contributed by atoms with Gasteiger partial charge in [0.1, 0.15) is 6.10 Å². The maximum atomic E-state index is 12.1. The van der Waals surface area contributed by atoms with Crippen LogP contribution in [-0.2, 0) is 14.3 Å². The van der Waals surface area contributed by atoms with Gasteiger partial charge in [0.2, 0.25) is 0 Å². The molecule has 43 heavy (non-hydrogen) atoms. The van der Waals surface area contributed by atoms with Crippen LogP contribution in [0.2, 0.25) is 0 Å². The first-order chi connectivity index (χ1) is 21.2. The molecular weight excluding hydrogens is 532 g/mol. The van der Waals surface area contributed by atoms with Gasteiger partial charge in [-0.1, -0.05) is 171 Å². The summed E-state index contributed by atoms with van der Waals surface area (Å²) in [6, 6.07) is 0. The molecule has 0 rings (SSSR count). The van der Waals surface area contributed by atoms with Crippen LogP contribution < -0.4 is 0 Å². The zero-order chi connectivity index (χ0) is 31.3. The highest BCUT2D eigenvalue weighted by Gasteiger charge is 2.12. The summed E-state index contributed by atoms with van der Waals surface area (Å²) in [6.45, 7) is 5.12. The fourth-order valence-corrected chi connectivity index (χ4v) is 4.76. The van der Waals surface area contributed by atoms with E-state index in [1.165, 1.54) is 96.3 Å². The number of carbonyl (C=O) groups is 1. The van der Waals surface area contributed by atoms with Crippen molar-refractivity contribution in [3.63, 3.8) is 0 Å². The van der Waals surface area contributed by atoms with Crippen LogP contribution >= 0.6 is 0 Å². The van der Waals surface area contributed by atoms with Gasteiger partial charge >= 0.3 is 5.97 Å². The second-order valence-electron chi connectivity index (χ2n) is 11.6. The Morgan fingerprint density at radius 1 is 0.558 bits per heavy atom. The number of hydrogen-bond acceptors (Lipinski definition) is 4. The highest BCUT2D eigenvalue weighted by atomic mass is 16.6. The summed E-state index contributed by atoms with van der Waals surface area (Å²) < 4.78 is 11.0. The molecule has 0 saturated carbocycles. The monoisotopic (exact) mass is 601 g/mol. The quantitative estimate of drug-likeness (QED) is 0.0474. The lowest BCUT2D eigenvalue weighted by Crippen LogP contribution is -2.27. The molecule has 0 aromatic rings. The zero-order valence-corrected chi connectivity index (χ0v) is 28.2. The van der Waals surface area contributed by atoms with Gasteiger partial charge in [-0.3, -0.25) is 4.79 Å². The molecule has 248 valence electrons. The number of rotatable bonds is 32. The Labute approximate surface area is 266 Å². The lowest BCUT2D eigenvalue weighted by molar-refractivity contribution is -0.153. The van der Waals surface area contributed by atoms with E-state index in [0.29, 0.717) is 6.61 Å². The van der Waals surface area contributed by atoms with E-state index in [2.05, 4.69) is 62.5 Å². The molecule has 4 heteroatoms. The average molecular weight is 601 g/mol. The normalized spacial score (nSPS) is 13.1. The predicted molar refractivity (Wildman–Crippen MR) is 186 cm³/mol. The summed E-state index contributed by atoms with van der Waals surface area (Å²) in [5.74, 6) is -0.327. The third-order valence-electron chi connectivity index (χ3n) is 7.39. The van der Waals surface area contributed by atoms with Gasteiger partial charge in [0.25, 0.3) is 0 Å². The fourth-order valence-electron chi connectivity index (χ4n) is 4.76. The third kappa shape index (κ3) is 34.4. The van der Waals surface area contributed by atoms with Crippen molar-refractivity contribution in [3.8, 4) is 0 Å². The Morgan fingerprint density at radius 2 is 0.953 bits per heavy atom. The Hall–Kier alpha value is -1.91. The van der Waals surface area contributed by atoms with Crippen LogP contribution in [0.4, 0.5) is 0 Å². The van der Waals surface area contributed by atoms with Gasteiger partial charge in [-0.05, 0) is 38.5 Å². The second-order valence-corrected chi connectivity index (χ2v) is 11.6. The first-order valence-electron chi connectivity index (χ1n) is 17.9. The summed E-state index contributed by atoms with van der Waals surface area (Å²) in [5, 5.41) is 9.53. The molecule has 1 unspecified atom stereocenters. The topological polar surface area (TPSA) is 55.8 Å². The molecule has 1 N–H and O–H groups in total. The van der Waals surface area contributed by atoms with Gasteiger partial charge in [0.15, 0.2) is 0 Å². The number of carbonyl (C=O) groups excluding carboxylic acids is 1. The lowest BCUT2D eigenvalue weighted by Gasteiger charge is -2.15. The fraction of sp³-hybridized carbons (Fsp3) is 0.718. The van der Waals surface area contributed by atoms with Crippen LogP contribution in [-0.4, -0.2) is 37.0 Å². The molecule has 0 spiro atoms. The molecule has 0 heterocycles. The molecule has 0 aliphatic heterocycles. The zero-order valence-electron chi connectivity index (χ0n) is 28.2. The first kappa shape index (κ1) is 41.1. The molecule has 0 aliphatic rings. The number of ether oxygens (including phenoxy) is 2. The van der Waals surface area contributed by atoms with Gasteiger partial charge in [-0.15, -0.1) is 0 Å². The van der Waals surface area contributed by atoms with Crippen molar-refractivity contribution in [3.05, 3.63) is 60.8 Å². The molecule has 0 fully saturated rings. The Balaban J connectivity index is 3.58. The molecule has 0 amide bonds. The number of unbranched alkanes of at least 4 members (excludes halogenated alkanes) is 15. The van der Waals surface area contributed by atoms with Crippen LogP contribution in [0.3, 0.4) is 0 Å². The molecule has 0 bridgehead atoms. The Bertz CT molecular complexity index is 719. The highest BCUT2D eigenvalue weighted by Crippen LogP contribution is 2.14. The molecular formula is C39H68O4. The Kier molecular flexibility index (Phi) is 34.7. The van der Waals surface area contributed by atoms with E-state index in [-0.39, 0.29) is 25.6 Å². The number of aliphatic hydroxyl groups excluding tert-OH is 1. The first-order valence-corrected chi connectivity index (χ1v) is 17.9. The summed E-state index contributed by atoms with van der Waals surface area (Å²) in [4.78, 5) is 12.1. The third-order valence-corrected chi connectivity index (χ3v) is 7.39. The van der Waals surface area contributed by atoms with Crippen LogP contribution in [0.5, 0.6) is 0 Å². The van der Waals surface area contributed by atoms with Gasteiger partial charge in [0, 0.05) is 6.61 Å². The van der Waals surface area contributed by atoms with Crippen LogP contribution in [0.25, 0.3) is 0 Å². The molecule has 4 nitrogen and oxygen atoms in total. The van der Waals surface area contributed by atoms with E-state index in [1.807, 2.05) is 12.2 Å². The van der Waals surface area contributed by atoms with Crippen molar-refractivity contribution in [2.45, 2.75) is 161 Å². The SMILES string of the molecule is CC/C=C\C/C=C\C/C=C\C/C=C\C/C=C\CC(=O)OC(CO)COCCCCCCCCCCCCCCCCCC. The van der Waals surface area contributed by atoms with E-state index in [1.54, 1.807) is 0 Å². The van der Waals surface area contributed by atoms with Gasteiger partial charge in [0.05, 0.1) is 19.6 Å². The minimum atomic E-state index is -0.587. The molecule has 0 radical (unpaired) electrons. The van der Waals surface area contributed by atoms with E-state index in [9.17, 15) is 9.90 Å². The highest BCUT2D eigenvalue weighted by molar-refractivity contribution is 5.71. The largest absolute Gasteiger partial charge is 0.457 e. The van der Waals surface area contributed by atoms with E-state index in [4.69, 9.17) is 9.47 Å². The maximum absolute atomic E-state index is 12.1. The summed E-state index contributed by atoms with van der Waals surface area (Å²) in [5.41, 5.74) is 0. The molecule has 0 saturated heterocycles. The van der Waals surface area contributed by atoms with Gasteiger partial charge < -0.3 is 14.6 Å². The number of aliphatic hydroxyl groups is 1. The predicted octanol–water partition coefficient (Wildman–Crippen LogP) is 11.3. The van der Waals surface area contributed by atoms with E-state index >= 15 is 0 Å². The molecule has 0 aromatic heterocycles.